The molecule has 1 atom stereocenters. The van der Waals surface area contributed by atoms with Gasteiger partial charge < -0.3 is 9.84 Å². The predicted molar refractivity (Wildman–Crippen MR) is 110 cm³/mol. The third-order valence-corrected chi connectivity index (χ3v) is 6.36. The van der Waals surface area contributed by atoms with E-state index >= 15 is 0 Å². The van der Waals surface area contributed by atoms with Crippen molar-refractivity contribution >= 4 is 22.9 Å². The van der Waals surface area contributed by atoms with Crippen LogP contribution in [0.2, 0.25) is 0 Å². The fraction of sp³-hybridized carbons (Fsp3) is 0.455. The van der Waals surface area contributed by atoms with Gasteiger partial charge in [-0.3, -0.25) is 4.98 Å². The lowest BCUT2D eigenvalue weighted by atomic mass is 9.76. The zero-order valence-corrected chi connectivity index (χ0v) is 17.2. The molecule has 4 nitrogen and oxygen atoms in total. The first kappa shape index (κ1) is 19.8. The van der Waals surface area contributed by atoms with Gasteiger partial charge in [0, 0.05) is 39.9 Å². The maximum atomic E-state index is 12.0. The third kappa shape index (κ3) is 4.14. The zero-order valence-electron chi connectivity index (χ0n) is 16.4. The van der Waals surface area contributed by atoms with Crippen LogP contribution in [0.1, 0.15) is 62.1 Å². The van der Waals surface area contributed by atoms with Gasteiger partial charge in [0.15, 0.2) is 6.10 Å². The number of hydrogen-bond donors (Lipinski definition) is 1. The Bertz CT molecular complexity index is 852. The molecule has 0 saturated heterocycles. The highest BCUT2D eigenvalue weighted by atomic mass is 32.1. The summed E-state index contributed by atoms with van der Waals surface area (Å²) in [5.74, 6) is -0.933. The maximum Gasteiger partial charge on any atom is 0.337 e. The lowest BCUT2D eigenvalue weighted by molar-refractivity contribution is -0.150. The molecule has 2 heterocycles. The van der Waals surface area contributed by atoms with Gasteiger partial charge in [-0.2, -0.15) is 0 Å². The molecule has 0 saturated carbocycles. The normalized spacial score (nSPS) is 17.4. The first-order valence-corrected chi connectivity index (χ1v) is 10.2. The molecular weight excluding hydrogens is 358 g/mol. The van der Waals surface area contributed by atoms with E-state index in [0.717, 1.165) is 45.7 Å². The summed E-state index contributed by atoms with van der Waals surface area (Å²) in [5.41, 5.74) is 4.47. The molecule has 27 heavy (non-hydrogen) atoms. The SMILES string of the molecule is CCOC(C(=O)O)c1c(C)sc(-c2ccncc2)c1C1=CCC(C)(C)CC1. The number of aliphatic carboxylic acids is 1. The Hall–Kier alpha value is -1.98. The number of allylic oxidation sites excluding steroid dienone is 2. The van der Waals surface area contributed by atoms with E-state index in [0.29, 0.717) is 6.61 Å². The fourth-order valence-corrected chi connectivity index (χ4v) is 4.87. The summed E-state index contributed by atoms with van der Waals surface area (Å²) in [7, 11) is 0. The Morgan fingerprint density at radius 3 is 2.63 bits per heavy atom. The first-order valence-electron chi connectivity index (χ1n) is 9.41. The van der Waals surface area contributed by atoms with Crippen molar-refractivity contribution in [1.82, 2.24) is 4.98 Å². The standard InChI is InChI=1S/C22H27NO3S/c1-5-26-19(21(24)25)17-14(2)27-20(16-8-12-23-13-9-16)18(17)15-6-10-22(3,4)11-7-15/h6,8-9,12-13,19H,5,7,10-11H2,1-4H3,(H,24,25). The highest BCUT2D eigenvalue weighted by molar-refractivity contribution is 7.16. The number of thiophene rings is 1. The predicted octanol–water partition coefficient (Wildman–Crippen LogP) is 5.87. The average molecular weight is 386 g/mol. The summed E-state index contributed by atoms with van der Waals surface area (Å²) in [4.78, 5) is 18.2. The first-order chi connectivity index (χ1) is 12.8. The van der Waals surface area contributed by atoms with E-state index in [1.54, 1.807) is 23.7 Å². The summed E-state index contributed by atoms with van der Waals surface area (Å²) >= 11 is 1.65. The molecule has 0 bridgehead atoms. The molecule has 0 aromatic carbocycles. The van der Waals surface area contributed by atoms with Gasteiger partial charge in [0.25, 0.3) is 0 Å². The molecule has 2 aromatic heterocycles. The number of nitrogens with zero attached hydrogens (tertiary/aromatic N) is 1. The van der Waals surface area contributed by atoms with Crippen molar-refractivity contribution in [3.8, 4) is 10.4 Å². The minimum absolute atomic E-state index is 0.289. The highest BCUT2D eigenvalue weighted by Gasteiger charge is 2.32. The summed E-state index contributed by atoms with van der Waals surface area (Å²) in [6, 6.07) is 3.98. The van der Waals surface area contributed by atoms with Crippen LogP contribution in [0.4, 0.5) is 0 Å². The number of carboxylic acids is 1. The van der Waals surface area contributed by atoms with Gasteiger partial charge >= 0.3 is 5.97 Å². The Kier molecular flexibility index (Phi) is 5.82. The lowest BCUT2D eigenvalue weighted by Crippen LogP contribution is -2.18. The quantitative estimate of drug-likeness (QED) is 0.675. The Morgan fingerprint density at radius 1 is 1.37 bits per heavy atom. The van der Waals surface area contributed by atoms with Crippen molar-refractivity contribution in [2.45, 2.75) is 53.1 Å². The van der Waals surface area contributed by atoms with Crippen LogP contribution in [0, 0.1) is 12.3 Å². The van der Waals surface area contributed by atoms with Gasteiger partial charge in [0.05, 0.1) is 0 Å². The van der Waals surface area contributed by atoms with Crippen LogP contribution >= 0.6 is 11.3 Å². The number of aryl methyl sites for hydroxylation is 1. The van der Waals surface area contributed by atoms with Gasteiger partial charge in [0.1, 0.15) is 0 Å². The van der Waals surface area contributed by atoms with Crippen LogP contribution in [0.15, 0.2) is 30.6 Å². The van der Waals surface area contributed by atoms with Gasteiger partial charge in [-0.15, -0.1) is 11.3 Å². The van der Waals surface area contributed by atoms with E-state index in [4.69, 9.17) is 4.74 Å². The second-order valence-corrected chi connectivity index (χ2v) is 9.01. The Labute approximate surface area is 164 Å². The third-order valence-electron chi connectivity index (χ3n) is 5.19. The molecular formula is C22H27NO3S. The topological polar surface area (TPSA) is 59.4 Å². The van der Waals surface area contributed by atoms with E-state index in [1.165, 1.54) is 5.57 Å². The zero-order chi connectivity index (χ0) is 19.6. The van der Waals surface area contributed by atoms with Gasteiger partial charge in [0.2, 0.25) is 0 Å². The minimum Gasteiger partial charge on any atom is -0.479 e. The lowest BCUT2D eigenvalue weighted by Gasteiger charge is -2.29. The summed E-state index contributed by atoms with van der Waals surface area (Å²) in [6.45, 7) is 8.76. The summed E-state index contributed by atoms with van der Waals surface area (Å²) < 4.78 is 5.66. The van der Waals surface area contributed by atoms with Crippen LogP contribution in [0.5, 0.6) is 0 Å². The van der Waals surface area contributed by atoms with Crippen molar-refractivity contribution in [2.24, 2.45) is 5.41 Å². The second-order valence-electron chi connectivity index (χ2n) is 7.78. The monoisotopic (exact) mass is 385 g/mol. The summed E-state index contributed by atoms with van der Waals surface area (Å²) in [6.07, 6.45) is 7.96. The number of hydrogen-bond acceptors (Lipinski definition) is 4. The van der Waals surface area contributed by atoms with Gasteiger partial charge in [-0.25, -0.2) is 4.79 Å². The molecule has 5 heteroatoms. The van der Waals surface area contributed by atoms with E-state index in [2.05, 4.69) is 24.9 Å². The summed E-state index contributed by atoms with van der Waals surface area (Å²) in [5, 5.41) is 9.82. The highest BCUT2D eigenvalue weighted by Crippen LogP contribution is 2.48. The number of aromatic nitrogens is 1. The number of carbonyl (C=O) groups is 1. The number of carboxylic acid groups (broad SMARTS) is 1. The molecule has 1 N–H and O–H groups in total. The van der Waals surface area contributed by atoms with E-state index in [9.17, 15) is 9.90 Å². The van der Waals surface area contributed by atoms with E-state index in [1.807, 2.05) is 26.0 Å². The van der Waals surface area contributed by atoms with Crippen LogP contribution in [0.25, 0.3) is 16.0 Å². The molecule has 3 rings (SSSR count). The minimum atomic E-state index is -0.937. The molecule has 1 aliphatic rings. The molecule has 0 radical (unpaired) electrons. The molecule has 0 aliphatic heterocycles. The molecule has 0 fully saturated rings. The molecule has 1 unspecified atom stereocenters. The molecule has 144 valence electrons. The van der Waals surface area contributed by atoms with E-state index < -0.39 is 12.1 Å². The number of ether oxygens (including phenoxy) is 1. The molecule has 0 amide bonds. The van der Waals surface area contributed by atoms with E-state index in [-0.39, 0.29) is 5.41 Å². The number of pyridine rings is 1. The Morgan fingerprint density at radius 2 is 2.07 bits per heavy atom. The van der Waals surface area contributed by atoms with Crippen molar-refractivity contribution in [3.63, 3.8) is 0 Å². The van der Waals surface area contributed by atoms with Crippen molar-refractivity contribution < 1.29 is 14.6 Å². The van der Waals surface area contributed by atoms with Crippen LogP contribution < -0.4 is 0 Å². The maximum absolute atomic E-state index is 12.0. The van der Waals surface area contributed by atoms with Crippen LogP contribution in [0.3, 0.4) is 0 Å². The molecule has 1 aliphatic carbocycles. The van der Waals surface area contributed by atoms with Crippen molar-refractivity contribution in [2.75, 3.05) is 6.61 Å². The smallest absolute Gasteiger partial charge is 0.337 e. The van der Waals surface area contributed by atoms with Gasteiger partial charge in [-0.1, -0.05) is 19.9 Å². The average Bonchev–Trinajstić information content (AvgIpc) is 2.97. The van der Waals surface area contributed by atoms with Crippen molar-refractivity contribution in [3.05, 3.63) is 46.6 Å². The Balaban J connectivity index is 2.20. The number of rotatable bonds is 6. The largest absolute Gasteiger partial charge is 0.479 e. The fourth-order valence-electron chi connectivity index (χ4n) is 3.65. The molecule has 2 aromatic rings. The second kappa shape index (κ2) is 7.95. The molecule has 0 spiro atoms. The van der Waals surface area contributed by atoms with Gasteiger partial charge in [-0.05, 0) is 61.8 Å². The van der Waals surface area contributed by atoms with Crippen LogP contribution in [-0.4, -0.2) is 22.7 Å². The van der Waals surface area contributed by atoms with Crippen molar-refractivity contribution in [1.29, 1.82) is 0 Å². The van der Waals surface area contributed by atoms with Crippen LogP contribution in [-0.2, 0) is 9.53 Å².